The maximum absolute atomic E-state index is 14.7. The molecule has 0 heterocycles. The average molecular weight is 553 g/mol. The van der Waals surface area contributed by atoms with Crippen LogP contribution in [0, 0.1) is 5.82 Å². The predicted octanol–water partition coefficient (Wildman–Crippen LogP) is 7.05. The van der Waals surface area contributed by atoms with Crippen molar-refractivity contribution in [2.45, 2.75) is 68.5 Å². The van der Waals surface area contributed by atoms with E-state index in [1.807, 2.05) is 54.6 Å². The fourth-order valence-electron chi connectivity index (χ4n) is 4.82. The van der Waals surface area contributed by atoms with Gasteiger partial charge in [-0.3, -0.25) is 9.59 Å². The van der Waals surface area contributed by atoms with E-state index in [0.717, 1.165) is 41.9 Å². The largest absolute Gasteiger partial charge is 0.352 e. The molecular weight excluding hydrogens is 519 g/mol. The third kappa shape index (κ3) is 8.34. The minimum Gasteiger partial charge on any atom is -0.352 e. The van der Waals surface area contributed by atoms with E-state index in [0.29, 0.717) is 23.4 Å². The summed E-state index contributed by atoms with van der Waals surface area (Å²) in [6.45, 7) is 0.0470. The van der Waals surface area contributed by atoms with Gasteiger partial charge in [0.05, 0.1) is 0 Å². The standard InChI is InChI=1S/C31H34ClFN2O2S/c32-25-16-18-27(19-17-25)38-20-8-15-30(36)35(22-24-11-4-7-14-28(24)33)29(21-23-9-2-1-3-10-23)31(37)34-26-12-5-6-13-26/h1-4,7,9-11,14,16-19,26,29H,5-6,8,12-13,15,20-22H2,(H,34,37)/t29-/m1/s1. The molecule has 7 heteroatoms. The number of carbonyl (C=O) groups is 2. The number of hydrogen-bond acceptors (Lipinski definition) is 3. The molecule has 1 N–H and O–H groups in total. The number of carbonyl (C=O) groups excluding carboxylic acids is 2. The molecule has 1 aliphatic rings. The van der Waals surface area contributed by atoms with Crippen LogP contribution >= 0.6 is 23.4 Å². The molecular formula is C31H34ClFN2O2S. The van der Waals surface area contributed by atoms with Crippen molar-refractivity contribution < 1.29 is 14.0 Å². The number of hydrogen-bond donors (Lipinski definition) is 1. The highest BCUT2D eigenvalue weighted by Crippen LogP contribution is 2.24. The molecule has 4 nitrogen and oxygen atoms in total. The molecule has 1 aliphatic carbocycles. The summed E-state index contributed by atoms with van der Waals surface area (Å²) < 4.78 is 14.7. The van der Waals surface area contributed by atoms with Crippen LogP contribution < -0.4 is 5.32 Å². The van der Waals surface area contributed by atoms with Crippen molar-refractivity contribution in [2.75, 3.05) is 5.75 Å². The zero-order chi connectivity index (χ0) is 26.7. The number of halogens is 2. The van der Waals surface area contributed by atoms with E-state index in [2.05, 4.69) is 5.32 Å². The Bertz CT molecular complexity index is 1190. The molecule has 1 fully saturated rings. The Balaban J connectivity index is 1.52. The summed E-state index contributed by atoms with van der Waals surface area (Å²) in [6.07, 6.45) is 5.38. The summed E-state index contributed by atoms with van der Waals surface area (Å²) in [6, 6.07) is 23.2. The van der Waals surface area contributed by atoms with Gasteiger partial charge in [0.15, 0.2) is 0 Å². The van der Waals surface area contributed by atoms with Gasteiger partial charge in [-0.15, -0.1) is 11.8 Å². The van der Waals surface area contributed by atoms with E-state index in [9.17, 15) is 14.0 Å². The second kappa shape index (κ2) is 14.4. The van der Waals surface area contributed by atoms with Crippen molar-refractivity contribution in [3.63, 3.8) is 0 Å². The lowest BCUT2D eigenvalue weighted by molar-refractivity contribution is -0.141. The quantitative estimate of drug-likeness (QED) is 0.193. The average Bonchev–Trinajstić information content (AvgIpc) is 3.44. The van der Waals surface area contributed by atoms with Crippen LogP contribution in [0.15, 0.2) is 83.8 Å². The van der Waals surface area contributed by atoms with Gasteiger partial charge >= 0.3 is 0 Å². The molecule has 0 unspecified atom stereocenters. The maximum atomic E-state index is 14.7. The van der Waals surface area contributed by atoms with Gasteiger partial charge in [-0.1, -0.05) is 73.0 Å². The third-order valence-corrected chi connectivity index (χ3v) is 8.24. The minimum absolute atomic E-state index is 0.0470. The van der Waals surface area contributed by atoms with Crippen LogP contribution in [0.1, 0.15) is 49.7 Å². The Hall–Kier alpha value is -2.83. The molecule has 0 spiro atoms. The van der Waals surface area contributed by atoms with Gasteiger partial charge in [0.1, 0.15) is 11.9 Å². The van der Waals surface area contributed by atoms with Crippen molar-refractivity contribution in [3.8, 4) is 0 Å². The van der Waals surface area contributed by atoms with Crippen LogP contribution in [0.3, 0.4) is 0 Å². The first kappa shape index (κ1) is 28.2. The Morgan fingerprint density at radius 2 is 1.66 bits per heavy atom. The van der Waals surface area contributed by atoms with Crippen molar-refractivity contribution in [2.24, 2.45) is 0 Å². The molecule has 38 heavy (non-hydrogen) atoms. The highest BCUT2D eigenvalue weighted by molar-refractivity contribution is 7.99. The van der Waals surface area contributed by atoms with E-state index in [-0.39, 0.29) is 36.6 Å². The molecule has 2 amide bonds. The molecule has 3 aromatic carbocycles. The van der Waals surface area contributed by atoms with Crippen LogP contribution in [0.4, 0.5) is 4.39 Å². The van der Waals surface area contributed by atoms with Crippen molar-refractivity contribution in [1.82, 2.24) is 10.2 Å². The highest BCUT2D eigenvalue weighted by Gasteiger charge is 2.32. The number of nitrogens with one attached hydrogen (secondary N) is 1. The second-order valence-electron chi connectivity index (χ2n) is 9.71. The van der Waals surface area contributed by atoms with Crippen molar-refractivity contribution >= 4 is 35.2 Å². The first-order chi connectivity index (χ1) is 18.5. The van der Waals surface area contributed by atoms with Gasteiger partial charge in [0.2, 0.25) is 11.8 Å². The van der Waals surface area contributed by atoms with Gasteiger partial charge in [0, 0.05) is 40.9 Å². The SMILES string of the molecule is O=C(NC1CCCC1)[C@@H](Cc1ccccc1)N(Cc1ccccc1F)C(=O)CCCSc1ccc(Cl)cc1. The molecule has 0 saturated heterocycles. The molecule has 0 aromatic heterocycles. The molecule has 0 aliphatic heterocycles. The number of thioether (sulfide) groups is 1. The third-order valence-electron chi connectivity index (χ3n) is 6.89. The highest BCUT2D eigenvalue weighted by atomic mass is 35.5. The van der Waals surface area contributed by atoms with Crippen LogP contribution in [-0.4, -0.2) is 34.6 Å². The summed E-state index contributed by atoms with van der Waals surface area (Å²) in [5.41, 5.74) is 1.37. The lowest BCUT2D eigenvalue weighted by Crippen LogP contribution is -2.52. The Labute approximate surface area is 234 Å². The molecule has 200 valence electrons. The predicted molar refractivity (Wildman–Crippen MR) is 153 cm³/mol. The normalized spacial score (nSPS) is 14.3. The van der Waals surface area contributed by atoms with Crippen LogP contribution in [0.2, 0.25) is 5.02 Å². The number of amides is 2. The first-order valence-electron chi connectivity index (χ1n) is 13.2. The van der Waals surface area contributed by atoms with Crippen LogP contribution in [0.25, 0.3) is 0 Å². The molecule has 1 atom stereocenters. The summed E-state index contributed by atoms with van der Waals surface area (Å²) in [4.78, 5) is 30.0. The van der Waals surface area contributed by atoms with Crippen LogP contribution in [-0.2, 0) is 22.6 Å². The lowest BCUT2D eigenvalue weighted by atomic mass is 10.0. The fourth-order valence-corrected chi connectivity index (χ4v) is 5.80. The number of nitrogens with zero attached hydrogens (tertiary/aromatic N) is 1. The topological polar surface area (TPSA) is 49.4 Å². The summed E-state index contributed by atoms with van der Waals surface area (Å²) in [5.74, 6) is 0.0603. The van der Waals surface area contributed by atoms with Gasteiger partial charge < -0.3 is 10.2 Å². The first-order valence-corrected chi connectivity index (χ1v) is 14.6. The number of rotatable bonds is 12. The minimum atomic E-state index is -0.728. The molecule has 0 radical (unpaired) electrons. The molecule has 0 bridgehead atoms. The molecule has 4 rings (SSSR count). The van der Waals surface area contributed by atoms with Crippen LogP contribution in [0.5, 0.6) is 0 Å². The summed E-state index contributed by atoms with van der Waals surface area (Å²) in [5, 5.41) is 3.88. The smallest absolute Gasteiger partial charge is 0.243 e. The van der Waals surface area contributed by atoms with Crippen molar-refractivity contribution in [1.29, 1.82) is 0 Å². The molecule has 3 aromatic rings. The van der Waals surface area contributed by atoms with Gasteiger partial charge in [-0.25, -0.2) is 4.39 Å². The second-order valence-corrected chi connectivity index (χ2v) is 11.3. The van der Waals surface area contributed by atoms with Crippen molar-refractivity contribution in [3.05, 3.63) is 101 Å². The zero-order valence-electron chi connectivity index (χ0n) is 21.5. The summed E-state index contributed by atoms with van der Waals surface area (Å²) >= 11 is 7.63. The van der Waals surface area contributed by atoms with E-state index in [1.165, 1.54) is 6.07 Å². The zero-order valence-corrected chi connectivity index (χ0v) is 23.0. The van der Waals surface area contributed by atoms with E-state index in [4.69, 9.17) is 11.6 Å². The summed E-state index contributed by atoms with van der Waals surface area (Å²) in [7, 11) is 0. The molecule has 1 saturated carbocycles. The Kier molecular flexibility index (Phi) is 10.6. The van der Waals surface area contributed by atoms with E-state index >= 15 is 0 Å². The maximum Gasteiger partial charge on any atom is 0.243 e. The monoisotopic (exact) mass is 552 g/mol. The Morgan fingerprint density at radius 3 is 2.37 bits per heavy atom. The lowest BCUT2D eigenvalue weighted by Gasteiger charge is -2.32. The van der Waals surface area contributed by atoms with E-state index < -0.39 is 6.04 Å². The van der Waals surface area contributed by atoms with Gasteiger partial charge in [-0.2, -0.15) is 0 Å². The van der Waals surface area contributed by atoms with Gasteiger partial charge in [-0.05, 0) is 60.9 Å². The fraction of sp³-hybridized carbons (Fsp3) is 0.355. The van der Waals surface area contributed by atoms with E-state index in [1.54, 1.807) is 34.9 Å². The Morgan fingerprint density at radius 1 is 0.974 bits per heavy atom. The number of benzene rings is 3. The van der Waals surface area contributed by atoms with Gasteiger partial charge in [0.25, 0.3) is 0 Å².